The highest BCUT2D eigenvalue weighted by Crippen LogP contribution is 1.73. The molecule has 0 amide bonds. The summed E-state index contributed by atoms with van der Waals surface area (Å²) in [6.45, 7) is -1.45. The molecule has 4 heteroatoms. The Hall–Kier alpha value is -0.610. The molecule has 0 aromatic heterocycles. The number of aliphatic hydroxyl groups excluding tert-OH is 1. The van der Waals surface area contributed by atoms with E-state index in [4.69, 9.17) is 11.6 Å². The average Bonchev–Trinajstić information content (AvgIpc) is 1.64. The third kappa shape index (κ3) is 2.13. The van der Waals surface area contributed by atoms with Crippen molar-refractivity contribution >= 4 is 5.97 Å². The van der Waals surface area contributed by atoms with Crippen LogP contribution in [-0.2, 0) is 4.79 Å². The van der Waals surface area contributed by atoms with E-state index >= 15 is 0 Å². The molecule has 0 unspecified atom stereocenters. The minimum Gasteiger partial charge on any atom is -0.479 e. The smallest absolute Gasteiger partial charge is 0.333 e. The van der Waals surface area contributed by atoms with Gasteiger partial charge in [-0.1, -0.05) is 0 Å². The lowest BCUT2D eigenvalue weighted by atomic mass is 10.4. The molecular formula is C3H7NO3. The number of aliphatic carboxylic acids is 1. The number of hydrogen-bond acceptors (Lipinski definition) is 3. The van der Waals surface area contributed by atoms with E-state index in [1.54, 1.807) is 0 Å². The lowest BCUT2D eigenvalue weighted by Gasteiger charge is -1.96. The van der Waals surface area contributed by atoms with E-state index in [2.05, 4.69) is 5.73 Å². The Bertz CT molecular complexity index is 94.5. The van der Waals surface area contributed by atoms with Gasteiger partial charge in [0.1, 0.15) is 0 Å². The van der Waals surface area contributed by atoms with Crippen LogP contribution in [-0.4, -0.2) is 28.8 Å². The van der Waals surface area contributed by atoms with Gasteiger partial charge < -0.3 is 15.9 Å². The number of carboxylic acids is 1. The molecule has 0 saturated heterocycles. The molecular weight excluding hydrogens is 98.0 g/mol. The molecule has 0 rings (SSSR count). The zero-order chi connectivity index (χ0) is 6.73. The fraction of sp³-hybridized carbons (Fsp3) is 0.667. The number of carbonyl (C=O) groups is 1. The van der Waals surface area contributed by atoms with Crippen LogP contribution in [0.4, 0.5) is 0 Å². The maximum atomic E-state index is 9.69. The maximum Gasteiger partial charge on any atom is 0.333 e. The van der Waals surface area contributed by atoms with Crippen LogP contribution in [0, 0.1) is 0 Å². The normalized spacial score (nSPS) is 20.0. The van der Waals surface area contributed by atoms with Gasteiger partial charge in [-0.2, -0.15) is 0 Å². The monoisotopic (exact) mass is 106 g/mol. The van der Waals surface area contributed by atoms with Crippen LogP contribution in [0.5, 0.6) is 0 Å². The first-order valence-corrected chi connectivity index (χ1v) is 1.64. The second kappa shape index (κ2) is 2.54. The minimum atomic E-state index is -1.77. The predicted octanol–water partition coefficient (Wildman–Crippen LogP) is -1.61. The van der Waals surface area contributed by atoms with Gasteiger partial charge in [-0.3, -0.25) is 0 Å². The minimum absolute atomic E-state index is 1.45. The summed E-state index contributed by atoms with van der Waals surface area (Å²) >= 11 is 0. The summed E-state index contributed by atoms with van der Waals surface area (Å²) in [5.74, 6) is -1.47. The van der Waals surface area contributed by atoms with Gasteiger partial charge in [-0.25, -0.2) is 4.79 Å². The van der Waals surface area contributed by atoms with Crippen molar-refractivity contribution in [2.24, 2.45) is 5.73 Å². The molecule has 2 atom stereocenters. The van der Waals surface area contributed by atoms with Crippen molar-refractivity contribution in [3.63, 3.8) is 0 Å². The van der Waals surface area contributed by atoms with Crippen LogP contribution in [0.1, 0.15) is 1.37 Å². The Kier molecular flexibility index (Phi) is 1.65. The molecule has 0 aliphatic heterocycles. The molecule has 7 heavy (non-hydrogen) atoms. The molecule has 0 heterocycles. The molecule has 0 aliphatic carbocycles. The van der Waals surface area contributed by atoms with Gasteiger partial charge >= 0.3 is 5.97 Å². The second-order valence-electron chi connectivity index (χ2n) is 0.976. The van der Waals surface area contributed by atoms with E-state index in [-0.39, 0.29) is 0 Å². The van der Waals surface area contributed by atoms with Gasteiger partial charge in [0.2, 0.25) is 0 Å². The first-order valence-electron chi connectivity index (χ1n) is 2.22. The maximum absolute atomic E-state index is 9.69. The Balaban J connectivity index is 3.64. The second-order valence-corrected chi connectivity index (χ2v) is 0.976. The number of aliphatic hydroxyl groups is 1. The summed E-state index contributed by atoms with van der Waals surface area (Å²) < 4.78 is 6.46. The highest BCUT2D eigenvalue weighted by Gasteiger charge is 2.07. The molecule has 0 aromatic carbocycles. The summed E-state index contributed by atoms with van der Waals surface area (Å²) in [7, 11) is 0. The van der Waals surface area contributed by atoms with Crippen molar-refractivity contribution in [3.8, 4) is 0 Å². The quantitative estimate of drug-likeness (QED) is 0.395. The van der Waals surface area contributed by atoms with E-state index in [9.17, 15) is 4.79 Å². The number of hydrogen-bond donors (Lipinski definition) is 3. The molecule has 0 radical (unpaired) electrons. The largest absolute Gasteiger partial charge is 0.479 e. The lowest BCUT2D eigenvalue weighted by molar-refractivity contribution is -0.145. The van der Waals surface area contributed by atoms with E-state index in [0.717, 1.165) is 0 Å². The predicted molar refractivity (Wildman–Crippen MR) is 22.7 cm³/mol. The molecule has 0 aromatic rings. The molecule has 4 nitrogen and oxygen atoms in total. The third-order valence-corrected chi connectivity index (χ3v) is 0.435. The van der Waals surface area contributed by atoms with Crippen molar-refractivity contribution in [2.45, 2.75) is 6.10 Å². The SMILES string of the molecule is [2H][C@@H](N)[C@H](O)C(=O)O. The van der Waals surface area contributed by atoms with E-state index in [1.165, 1.54) is 0 Å². The summed E-state index contributed by atoms with van der Waals surface area (Å²) in [5.41, 5.74) is 4.67. The molecule has 0 bridgehead atoms. The number of carboxylic acid groups (broad SMARTS) is 1. The van der Waals surface area contributed by atoms with Gasteiger partial charge in [0.15, 0.2) is 6.10 Å². The number of nitrogens with two attached hydrogens (primary N) is 1. The van der Waals surface area contributed by atoms with Crippen molar-refractivity contribution < 1.29 is 16.4 Å². The molecule has 0 saturated carbocycles. The summed E-state index contributed by atoms with van der Waals surface area (Å²) in [5, 5.41) is 16.2. The fourth-order valence-corrected chi connectivity index (χ4v) is 0.0823. The van der Waals surface area contributed by atoms with Crippen molar-refractivity contribution in [1.29, 1.82) is 0 Å². The molecule has 0 fully saturated rings. The third-order valence-electron chi connectivity index (χ3n) is 0.435. The number of rotatable bonds is 2. The highest BCUT2D eigenvalue weighted by atomic mass is 16.4. The summed E-state index contributed by atoms with van der Waals surface area (Å²) in [6.07, 6.45) is -1.77. The first kappa shape index (κ1) is 4.55. The average molecular weight is 106 g/mol. The Morgan fingerprint density at radius 3 is 2.57 bits per heavy atom. The van der Waals surface area contributed by atoms with E-state index in [1.807, 2.05) is 0 Å². The zero-order valence-electron chi connectivity index (χ0n) is 4.53. The molecule has 4 N–H and O–H groups in total. The van der Waals surface area contributed by atoms with Gasteiger partial charge in [-0.05, 0) is 0 Å². The van der Waals surface area contributed by atoms with Crippen LogP contribution in [0.15, 0.2) is 0 Å². The van der Waals surface area contributed by atoms with Gasteiger partial charge in [0, 0.05) is 7.89 Å². The van der Waals surface area contributed by atoms with Crippen LogP contribution in [0.2, 0.25) is 0 Å². The highest BCUT2D eigenvalue weighted by molar-refractivity contribution is 5.72. The molecule has 42 valence electrons. The van der Waals surface area contributed by atoms with E-state index < -0.39 is 18.6 Å². The summed E-state index contributed by atoms with van der Waals surface area (Å²) in [4.78, 5) is 9.69. The van der Waals surface area contributed by atoms with Crippen molar-refractivity contribution in [2.75, 3.05) is 6.52 Å². The Labute approximate surface area is 42.0 Å². The van der Waals surface area contributed by atoms with Crippen LogP contribution < -0.4 is 5.73 Å². The first-order chi connectivity index (χ1) is 3.55. The summed E-state index contributed by atoms with van der Waals surface area (Å²) in [6, 6.07) is 0. The Morgan fingerprint density at radius 2 is 2.57 bits per heavy atom. The van der Waals surface area contributed by atoms with Gasteiger partial charge in [-0.15, -0.1) is 0 Å². The topological polar surface area (TPSA) is 83.5 Å². The van der Waals surface area contributed by atoms with Gasteiger partial charge in [0.05, 0.1) is 0 Å². The molecule has 0 aliphatic rings. The Morgan fingerprint density at radius 1 is 2.14 bits per heavy atom. The van der Waals surface area contributed by atoms with Crippen LogP contribution in [0.25, 0.3) is 0 Å². The zero-order valence-corrected chi connectivity index (χ0v) is 3.53. The van der Waals surface area contributed by atoms with Crippen molar-refractivity contribution in [1.82, 2.24) is 0 Å². The fourth-order valence-electron chi connectivity index (χ4n) is 0.0823. The van der Waals surface area contributed by atoms with E-state index in [0.29, 0.717) is 0 Å². The van der Waals surface area contributed by atoms with Gasteiger partial charge in [0.25, 0.3) is 0 Å². The lowest BCUT2D eigenvalue weighted by Crippen LogP contribution is -2.28. The van der Waals surface area contributed by atoms with Crippen LogP contribution >= 0.6 is 0 Å². The van der Waals surface area contributed by atoms with Crippen molar-refractivity contribution in [3.05, 3.63) is 0 Å². The molecule has 0 spiro atoms. The van der Waals surface area contributed by atoms with Crippen LogP contribution in [0.3, 0.4) is 0 Å². The standard InChI is InChI=1S/C3H7NO3/c4-1-2(5)3(6)7/h2,5H,1,4H2,(H,6,7)/t2-/m0/s1/i1D/t1-,2+/m1.